The highest BCUT2D eigenvalue weighted by Crippen LogP contribution is 2.37. The maximum absolute atomic E-state index is 10.9. The zero-order chi connectivity index (χ0) is 12.3. The Bertz CT molecular complexity index is 563. The fourth-order valence-corrected chi connectivity index (χ4v) is 2.66. The summed E-state index contributed by atoms with van der Waals surface area (Å²) in [7, 11) is 0. The van der Waals surface area contributed by atoms with Crippen molar-refractivity contribution in [2.75, 3.05) is 0 Å². The first-order chi connectivity index (χ1) is 8.18. The quantitative estimate of drug-likeness (QED) is 0.637. The van der Waals surface area contributed by atoms with Crippen molar-refractivity contribution in [3.8, 4) is 0 Å². The predicted molar refractivity (Wildman–Crippen MR) is 69.2 cm³/mol. The Labute approximate surface area is 110 Å². The lowest BCUT2D eigenvalue weighted by atomic mass is 10.3. The highest BCUT2D eigenvalue weighted by Gasteiger charge is 2.14. The molecule has 1 aromatic carbocycles. The van der Waals surface area contributed by atoms with Crippen LogP contribution in [-0.4, -0.2) is 9.91 Å². The summed E-state index contributed by atoms with van der Waals surface area (Å²) < 4.78 is 0.822. The van der Waals surface area contributed by atoms with Gasteiger partial charge in [0.05, 0.1) is 9.82 Å². The minimum absolute atomic E-state index is 0.112. The summed E-state index contributed by atoms with van der Waals surface area (Å²) in [6.45, 7) is 0. The molecule has 0 radical (unpaired) electrons. The number of para-hydroxylation sites is 1. The number of nitrogens with zero attached hydrogens (tertiary/aromatic N) is 2. The minimum atomic E-state index is -0.378. The number of pyridine rings is 1. The van der Waals surface area contributed by atoms with Crippen molar-refractivity contribution in [2.45, 2.75) is 9.79 Å². The van der Waals surface area contributed by atoms with E-state index in [1.807, 2.05) is 6.07 Å². The van der Waals surface area contributed by atoms with Crippen LogP contribution >= 0.6 is 27.7 Å². The first-order valence-corrected chi connectivity index (χ1v) is 6.30. The zero-order valence-corrected chi connectivity index (χ0v) is 10.9. The van der Waals surface area contributed by atoms with E-state index < -0.39 is 0 Å². The maximum Gasteiger partial charge on any atom is 0.283 e. The van der Waals surface area contributed by atoms with E-state index in [9.17, 15) is 10.1 Å². The molecule has 0 N–H and O–H groups in total. The molecule has 17 heavy (non-hydrogen) atoms. The second kappa shape index (κ2) is 5.29. The predicted octanol–water partition coefficient (Wildman–Crippen LogP) is 3.90. The van der Waals surface area contributed by atoms with Gasteiger partial charge in [0.15, 0.2) is 0 Å². The smallest absolute Gasteiger partial charge is 0.263 e. The van der Waals surface area contributed by atoms with Gasteiger partial charge in [-0.2, -0.15) is 0 Å². The second-order valence-corrected chi connectivity index (χ2v) is 5.07. The lowest BCUT2D eigenvalue weighted by Gasteiger charge is -2.04. The van der Waals surface area contributed by atoms with Gasteiger partial charge in [-0.3, -0.25) is 15.1 Å². The van der Waals surface area contributed by atoms with Crippen molar-refractivity contribution >= 4 is 33.4 Å². The van der Waals surface area contributed by atoms with E-state index >= 15 is 0 Å². The summed E-state index contributed by atoms with van der Waals surface area (Å²) in [5.74, 6) is 0. The first-order valence-electron chi connectivity index (χ1n) is 4.69. The van der Waals surface area contributed by atoms with Gasteiger partial charge >= 0.3 is 0 Å². The van der Waals surface area contributed by atoms with E-state index in [2.05, 4.69) is 20.9 Å². The number of halogens is 1. The summed E-state index contributed by atoms with van der Waals surface area (Å²) in [5, 5.41) is 10.9. The number of aromatic nitrogens is 1. The number of nitro groups is 1. The van der Waals surface area contributed by atoms with Crippen LogP contribution in [0.5, 0.6) is 0 Å². The van der Waals surface area contributed by atoms with Crippen molar-refractivity contribution in [1.29, 1.82) is 0 Å². The molecular weight excluding hydrogens is 304 g/mol. The van der Waals surface area contributed by atoms with Gasteiger partial charge in [0.25, 0.3) is 5.69 Å². The van der Waals surface area contributed by atoms with E-state index in [4.69, 9.17) is 0 Å². The van der Waals surface area contributed by atoms with Crippen LogP contribution in [0.15, 0.2) is 57.0 Å². The summed E-state index contributed by atoms with van der Waals surface area (Å²) in [5.41, 5.74) is 0.112. The van der Waals surface area contributed by atoms with Crippen LogP contribution in [0.4, 0.5) is 5.69 Å². The van der Waals surface area contributed by atoms with Crippen LogP contribution in [0.25, 0.3) is 0 Å². The van der Waals surface area contributed by atoms with Crippen LogP contribution in [0, 0.1) is 10.1 Å². The summed E-state index contributed by atoms with van der Waals surface area (Å²) in [6, 6.07) is 8.48. The average molecular weight is 311 g/mol. The Morgan fingerprint density at radius 3 is 2.71 bits per heavy atom. The third-order valence-corrected chi connectivity index (χ3v) is 4.05. The number of hydrogen-bond donors (Lipinski definition) is 0. The molecule has 2 rings (SSSR count). The van der Waals surface area contributed by atoms with Crippen molar-refractivity contribution < 1.29 is 4.92 Å². The van der Waals surface area contributed by atoms with Gasteiger partial charge in [0.1, 0.15) is 0 Å². The normalized spacial score (nSPS) is 10.2. The largest absolute Gasteiger partial charge is 0.283 e. The molecule has 4 nitrogen and oxygen atoms in total. The van der Waals surface area contributed by atoms with E-state index in [1.54, 1.807) is 30.6 Å². The fourth-order valence-electron chi connectivity index (χ4n) is 1.26. The van der Waals surface area contributed by atoms with Gasteiger partial charge in [-0.1, -0.05) is 23.9 Å². The molecule has 0 fully saturated rings. The van der Waals surface area contributed by atoms with E-state index in [0.717, 1.165) is 9.37 Å². The summed E-state index contributed by atoms with van der Waals surface area (Å²) >= 11 is 4.70. The van der Waals surface area contributed by atoms with E-state index in [-0.39, 0.29) is 10.6 Å². The Kier molecular flexibility index (Phi) is 3.75. The van der Waals surface area contributed by atoms with Crippen LogP contribution in [0.2, 0.25) is 0 Å². The molecule has 2 aromatic rings. The van der Waals surface area contributed by atoms with Crippen molar-refractivity contribution in [1.82, 2.24) is 4.98 Å². The number of nitro benzene ring substituents is 1. The molecule has 0 saturated carbocycles. The lowest BCUT2D eigenvalue weighted by Crippen LogP contribution is -1.90. The van der Waals surface area contributed by atoms with E-state index in [0.29, 0.717) is 4.90 Å². The van der Waals surface area contributed by atoms with Gasteiger partial charge < -0.3 is 0 Å². The molecule has 0 aliphatic rings. The Morgan fingerprint density at radius 1 is 1.24 bits per heavy atom. The molecule has 0 aliphatic heterocycles. The van der Waals surface area contributed by atoms with Crippen LogP contribution in [0.1, 0.15) is 0 Å². The maximum atomic E-state index is 10.9. The molecule has 0 aliphatic carbocycles. The number of rotatable bonds is 3. The topological polar surface area (TPSA) is 56.0 Å². The van der Waals surface area contributed by atoms with Gasteiger partial charge in [0.2, 0.25) is 0 Å². The molecule has 0 saturated heterocycles. The van der Waals surface area contributed by atoms with Crippen LogP contribution in [-0.2, 0) is 0 Å². The molecule has 0 amide bonds. The molecule has 86 valence electrons. The average Bonchev–Trinajstić information content (AvgIpc) is 2.32. The third-order valence-electron chi connectivity index (χ3n) is 2.02. The molecule has 6 heteroatoms. The molecule has 0 unspecified atom stereocenters. The third kappa shape index (κ3) is 2.83. The Hall–Kier alpha value is -1.40. The Balaban J connectivity index is 2.37. The van der Waals surface area contributed by atoms with Crippen LogP contribution in [0.3, 0.4) is 0 Å². The van der Waals surface area contributed by atoms with Gasteiger partial charge in [-0.15, -0.1) is 0 Å². The first kappa shape index (κ1) is 12.1. The van der Waals surface area contributed by atoms with E-state index in [1.165, 1.54) is 17.8 Å². The minimum Gasteiger partial charge on any atom is -0.263 e. The van der Waals surface area contributed by atoms with Crippen molar-refractivity contribution in [2.24, 2.45) is 0 Å². The summed E-state index contributed by atoms with van der Waals surface area (Å²) in [4.78, 5) is 16.0. The molecule has 0 spiro atoms. The van der Waals surface area contributed by atoms with Gasteiger partial charge in [-0.25, -0.2) is 0 Å². The second-order valence-electron chi connectivity index (χ2n) is 3.13. The molecule has 0 bridgehead atoms. The zero-order valence-electron chi connectivity index (χ0n) is 8.54. The number of benzene rings is 1. The lowest BCUT2D eigenvalue weighted by molar-refractivity contribution is -0.387. The highest BCUT2D eigenvalue weighted by molar-refractivity contribution is 9.10. The molecular formula is C11H7BrN2O2S. The molecule has 1 heterocycles. The van der Waals surface area contributed by atoms with Gasteiger partial charge in [0, 0.05) is 27.8 Å². The fraction of sp³-hybridized carbons (Fsp3) is 0. The standard InChI is InChI=1S/C11H7BrN2O2S/c12-8-7-13-6-5-10(8)17-11-4-2-1-3-9(11)14(15)16/h1-7H. The van der Waals surface area contributed by atoms with Crippen LogP contribution < -0.4 is 0 Å². The van der Waals surface area contributed by atoms with Gasteiger partial charge in [-0.05, 0) is 28.1 Å². The SMILES string of the molecule is O=[N+]([O-])c1ccccc1Sc1ccncc1Br. The highest BCUT2D eigenvalue weighted by atomic mass is 79.9. The monoisotopic (exact) mass is 310 g/mol. The van der Waals surface area contributed by atoms with Crippen molar-refractivity contribution in [3.63, 3.8) is 0 Å². The Morgan fingerprint density at radius 2 is 2.00 bits per heavy atom. The molecule has 0 atom stereocenters. The molecule has 1 aromatic heterocycles. The number of hydrogen-bond acceptors (Lipinski definition) is 4. The van der Waals surface area contributed by atoms with Crippen molar-refractivity contribution in [3.05, 3.63) is 57.3 Å². The summed E-state index contributed by atoms with van der Waals surface area (Å²) in [6.07, 6.45) is 3.32.